The Morgan fingerprint density at radius 1 is 0.714 bits per heavy atom. The van der Waals surface area contributed by atoms with Crippen LogP contribution in [0.5, 0.6) is 0 Å². The van der Waals surface area contributed by atoms with Crippen LogP contribution in [0, 0.1) is 0 Å². The zero-order valence-corrected chi connectivity index (χ0v) is 13.7. The van der Waals surface area contributed by atoms with Crippen molar-refractivity contribution in [3.05, 3.63) is 83.1 Å². The Hall–Kier alpha value is -1.43. The molecule has 2 aromatic carbocycles. The molecule has 1 heterocycles. The Balaban J connectivity index is 1.73. The lowest BCUT2D eigenvalue weighted by Gasteiger charge is -2.18. The van der Waals surface area contributed by atoms with E-state index >= 15 is 0 Å². The molecule has 0 N–H and O–H groups in total. The summed E-state index contributed by atoms with van der Waals surface area (Å²) in [6, 6.07) is 26.4. The predicted octanol–water partition coefficient (Wildman–Crippen LogP) is 4.81. The minimum absolute atomic E-state index is 0.228. The molecule has 0 aliphatic rings. The number of benzene rings is 2. The molecule has 0 aliphatic heterocycles. The van der Waals surface area contributed by atoms with E-state index in [-0.39, 0.29) is 7.92 Å². The maximum Gasteiger partial charge on any atom is 0.00453 e. The first kappa shape index (κ1) is 14.5. The molecule has 0 radical (unpaired) electrons. The van der Waals surface area contributed by atoms with Crippen LogP contribution in [0.1, 0.15) is 11.3 Å². The van der Waals surface area contributed by atoms with Crippen LogP contribution in [0.15, 0.2) is 78.2 Å². The summed E-state index contributed by atoms with van der Waals surface area (Å²) in [7, 11) is -0.228. The van der Waals surface area contributed by atoms with Crippen LogP contribution in [0.4, 0.5) is 0 Å². The molecule has 0 nitrogen and oxygen atoms in total. The number of rotatable bonds is 6. The molecule has 0 fully saturated rings. The quantitative estimate of drug-likeness (QED) is 0.573. The van der Waals surface area contributed by atoms with Gasteiger partial charge in [-0.25, -0.2) is 0 Å². The second-order valence-electron chi connectivity index (χ2n) is 5.01. The summed E-state index contributed by atoms with van der Waals surface area (Å²) in [4.78, 5) is 1.51. The average Bonchev–Trinajstić information content (AvgIpc) is 3.07. The van der Waals surface area contributed by atoms with Crippen LogP contribution >= 0.6 is 19.3 Å². The highest BCUT2D eigenvalue weighted by molar-refractivity contribution is 7.73. The summed E-state index contributed by atoms with van der Waals surface area (Å²) >= 11 is 1.87. The molecule has 2 heteroatoms. The fourth-order valence-electron chi connectivity index (χ4n) is 2.49. The molecule has 0 saturated heterocycles. The number of hydrogen-bond donors (Lipinski definition) is 0. The summed E-state index contributed by atoms with van der Waals surface area (Å²) in [6.45, 7) is 0. The Kier molecular flexibility index (Phi) is 5.21. The molecule has 0 saturated carbocycles. The fraction of sp³-hybridized carbons (Fsp3) is 0.158. The topological polar surface area (TPSA) is 0 Å². The van der Waals surface area contributed by atoms with Gasteiger partial charge in [0.1, 0.15) is 0 Å². The van der Waals surface area contributed by atoms with Crippen molar-refractivity contribution in [1.82, 2.24) is 0 Å². The molecule has 0 spiro atoms. The Morgan fingerprint density at radius 2 is 1.33 bits per heavy atom. The van der Waals surface area contributed by atoms with E-state index in [0.29, 0.717) is 0 Å². The molecule has 3 aromatic rings. The van der Waals surface area contributed by atoms with E-state index in [0.717, 1.165) is 0 Å². The van der Waals surface area contributed by atoms with Gasteiger partial charge in [-0.1, -0.05) is 66.7 Å². The van der Waals surface area contributed by atoms with E-state index in [1.165, 1.54) is 34.5 Å². The number of aryl methyl sites for hydroxylation is 1. The molecule has 1 aromatic heterocycles. The lowest BCUT2D eigenvalue weighted by molar-refractivity contribution is 0.949. The lowest BCUT2D eigenvalue weighted by Crippen LogP contribution is -2.14. The average molecular weight is 310 g/mol. The van der Waals surface area contributed by atoms with Crippen molar-refractivity contribution < 1.29 is 0 Å². The maximum absolute atomic E-state index is 2.28. The first-order chi connectivity index (χ1) is 10.4. The molecule has 21 heavy (non-hydrogen) atoms. The number of hydrogen-bond acceptors (Lipinski definition) is 1. The zero-order chi connectivity index (χ0) is 14.3. The highest BCUT2D eigenvalue weighted by Crippen LogP contribution is 2.34. The Labute approximate surface area is 132 Å². The van der Waals surface area contributed by atoms with Crippen molar-refractivity contribution in [2.75, 3.05) is 6.16 Å². The summed E-state index contributed by atoms with van der Waals surface area (Å²) in [5.41, 5.74) is 0. The third-order valence-corrected chi connectivity index (χ3v) is 7.06. The van der Waals surface area contributed by atoms with Gasteiger partial charge in [0, 0.05) is 4.88 Å². The van der Waals surface area contributed by atoms with E-state index in [1.807, 2.05) is 11.3 Å². The van der Waals surface area contributed by atoms with Crippen LogP contribution in [0.25, 0.3) is 0 Å². The second-order valence-corrected chi connectivity index (χ2v) is 8.37. The van der Waals surface area contributed by atoms with E-state index in [4.69, 9.17) is 0 Å². The van der Waals surface area contributed by atoms with E-state index in [2.05, 4.69) is 78.2 Å². The molecule has 0 amide bonds. The summed E-state index contributed by atoms with van der Waals surface area (Å²) in [6.07, 6.45) is 3.73. The predicted molar refractivity (Wildman–Crippen MR) is 96.6 cm³/mol. The SMILES string of the molecule is c1ccc(P(CCCc2cccs2)c2ccccc2)cc1. The molecule has 3 rings (SSSR count). The zero-order valence-electron chi connectivity index (χ0n) is 12.0. The van der Waals surface area contributed by atoms with Crippen LogP contribution < -0.4 is 10.6 Å². The van der Waals surface area contributed by atoms with Crippen molar-refractivity contribution >= 4 is 29.9 Å². The van der Waals surface area contributed by atoms with Gasteiger partial charge in [-0.3, -0.25) is 0 Å². The molecule has 106 valence electrons. The van der Waals surface area contributed by atoms with E-state index in [9.17, 15) is 0 Å². The van der Waals surface area contributed by atoms with Crippen LogP contribution in [0.3, 0.4) is 0 Å². The van der Waals surface area contributed by atoms with Gasteiger partial charge < -0.3 is 0 Å². The normalized spacial score (nSPS) is 10.9. The van der Waals surface area contributed by atoms with Gasteiger partial charge in [-0.15, -0.1) is 11.3 Å². The monoisotopic (exact) mass is 310 g/mol. The molecular formula is C19H19PS. The second kappa shape index (κ2) is 7.54. The van der Waals surface area contributed by atoms with Crippen molar-refractivity contribution in [3.8, 4) is 0 Å². The third kappa shape index (κ3) is 4.03. The van der Waals surface area contributed by atoms with Crippen molar-refractivity contribution in [3.63, 3.8) is 0 Å². The molecule has 0 unspecified atom stereocenters. The lowest BCUT2D eigenvalue weighted by atomic mass is 10.3. The summed E-state index contributed by atoms with van der Waals surface area (Å²) in [5, 5.41) is 5.15. The first-order valence-corrected chi connectivity index (χ1v) is 9.74. The number of thiophene rings is 1. The van der Waals surface area contributed by atoms with Crippen LogP contribution in [0.2, 0.25) is 0 Å². The van der Waals surface area contributed by atoms with Crippen molar-refractivity contribution in [2.45, 2.75) is 12.8 Å². The van der Waals surface area contributed by atoms with Gasteiger partial charge in [-0.05, 0) is 49.0 Å². The molecular weight excluding hydrogens is 291 g/mol. The van der Waals surface area contributed by atoms with Gasteiger partial charge in [0.25, 0.3) is 0 Å². The van der Waals surface area contributed by atoms with Gasteiger partial charge in [-0.2, -0.15) is 0 Å². The Bertz CT molecular complexity index is 592. The van der Waals surface area contributed by atoms with Gasteiger partial charge >= 0.3 is 0 Å². The van der Waals surface area contributed by atoms with E-state index < -0.39 is 0 Å². The standard InChI is InChI=1S/C19H19PS/c1-3-9-17(10-4-1)20(18-11-5-2-6-12-18)15-7-13-19-14-8-16-21-19/h1-6,8-12,14,16H,7,13,15H2. The van der Waals surface area contributed by atoms with Gasteiger partial charge in [0.15, 0.2) is 0 Å². The molecule has 0 bridgehead atoms. The molecule has 0 aliphatic carbocycles. The minimum atomic E-state index is -0.228. The largest absolute Gasteiger partial charge is 0.149 e. The minimum Gasteiger partial charge on any atom is -0.149 e. The maximum atomic E-state index is 2.28. The Morgan fingerprint density at radius 3 is 1.86 bits per heavy atom. The summed E-state index contributed by atoms with van der Waals surface area (Å²) in [5.74, 6) is 0. The third-order valence-electron chi connectivity index (χ3n) is 3.52. The van der Waals surface area contributed by atoms with Crippen LogP contribution in [-0.4, -0.2) is 6.16 Å². The van der Waals surface area contributed by atoms with Gasteiger partial charge in [0.05, 0.1) is 0 Å². The van der Waals surface area contributed by atoms with Crippen molar-refractivity contribution in [1.29, 1.82) is 0 Å². The smallest absolute Gasteiger partial charge is 0.00453 e. The van der Waals surface area contributed by atoms with Crippen molar-refractivity contribution in [2.24, 2.45) is 0 Å². The highest BCUT2D eigenvalue weighted by Gasteiger charge is 2.12. The summed E-state index contributed by atoms with van der Waals surface area (Å²) < 4.78 is 0. The van der Waals surface area contributed by atoms with Gasteiger partial charge in [0.2, 0.25) is 0 Å². The van der Waals surface area contributed by atoms with Crippen LogP contribution in [-0.2, 0) is 6.42 Å². The first-order valence-electron chi connectivity index (χ1n) is 7.33. The molecule has 0 atom stereocenters. The highest BCUT2D eigenvalue weighted by atomic mass is 32.1. The fourth-order valence-corrected chi connectivity index (χ4v) is 5.59. The van der Waals surface area contributed by atoms with E-state index in [1.54, 1.807) is 0 Å².